The van der Waals surface area contributed by atoms with Crippen molar-refractivity contribution in [1.82, 2.24) is 0 Å². The monoisotopic (exact) mass is 349 g/mol. The SMILES string of the molecule is CC(C[P+](=[Se])CC(C)c1ccccc1)c1ccccc1. The summed E-state index contributed by atoms with van der Waals surface area (Å²) in [5.41, 5.74) is 2.92. The minimum atomic E-state index is -0.0316. The summed E-state index contributed by atoms with van der Waals surface area (Å²) in [5.74, 6) is 1.29. The third-order valence-corrected chi connectivity index (χ3v) is 7.48. The third kappa shape index (κ3) is 4.67. The first-order valence-corrected chi connectivity index (χ1v) is 11.1. The van der Waals surface area contributed by atoms with E-state index in [0.29, 0.717) is 11.8 Å². The molecule has 2 aromatic rings. The average Bonchev–Trinajstić information content (AvgIpc) is 2.49. The molecule has 0 nitrogen and oxygen atoms in total. The fraction of sp³-hybridized carbons (Fsp3) is 0.333. The predicted molar refractivity (Wildman–Crippen MR) is 92.1 cm³/mol. The Morgan fingerprint density at radius 3 is 1.45 bits per heavy atom. The Hall–Kier alpha value is -0.741. The Labute approximate surface area is 131 Å². The average molecular weight is 348 g/mol. The molecule has 0 radical (unpaired) electrons. The van der Waals surface area contributed by atoms with Crippen molar-refractivity contribution in [1.29, 1.82) is 0 Å². The molecule has 2 heteroatoms. The van der Waals surface area contributed by atoms with Crippen LogP contribution in [0.2, 0.25) is 0 Å². The van der Waals surface area contributed by atoms with E-state index >= 15 is 0 Å². The third-order valence-electron chi connectivity index (χ3n) is 3.69. The van der Waals surface area contributed by atoms with E-state index in [4.69, 9.17) is 0 Å². The first-order valence-electron chi connectivity index (χ1n) is 7.18. The summed E-state index contributed by atoms with van der Waals surface area (Å²) in [6.07, 6.45) is 2.52. The van der Waals surface area contributed by atoms with Gasteiger partial charge in [0.2, 0.25) is 0 Å². The molecule has 0 spiro atoms. The Morgan fingerprint density at radius 2 is 1.10 bits per heavy atom. The van der Waals surface area contributed by atoms with Crippen LogP contribution in [0.3, 0.4) is 0 Å². The van der Waals surface area contributed by atoms with Gasteiger partial charge < -0.3 is 0 Å². The number of rotatable bonds is 6. The molecule has 104 valence electrons. The van der Waals surface area contributed by atoms with Gasteiger partial charge in [0.05, 0.1) is 0 Å². The molecular weight excluding hydrogens is 326 g/mol. The van der Waals surface area contributed by atoms with E-state index in [2.05, 4.69) is 89.6 Å². The summed E-state index contributed by atoms with van der Waals surface area (Å²) in [6.45, 7) is 4.68. The zero-order chi connectivity index (χ0) is 14.4. The van der Waals surface area contributed by atoms with E-state index < -0.39 is 0 Å². The van der Waals surface area contributed by atoms with Crippen LogP contribution in [0.1, 0.15) is 36.8 Å². The van der Waals surface area contributed by atoms with Gasteiger partial charge in [0, 0.05) is 0 Å². The van der Waals surface area contributed by atoms with Crippen molar-refractivity contribution in [3.8, 4) is 0 Å². The van der Waals surface area contributed by atoms with Crippen molar-refractivity contribution in [2.24, 2.45) is 0 Å². The molecule has 0 saturated carbocycles. The van der Waals surface area contributed by atoms with E-state index in [1.54, 1.807) is 0 Å². The molecule has 0 amide bonds. The van der Waals surface area contributed by atoms with Crippen molar-refractivity contribution in [2.75, 3.05) is 12.3 Å². The van der Waals surface area contributed by atoms with Crippen LogP contribution in [0.25, 0.3) is 0 Å². The van der Waals surface area contributed by atoms with Gasteiger partial charge in [-0.25, -0.2) is 0 Å². The molecule has 2 unspecified atom stereocenters. The van der Waals surface area contributed by atoms with Gasteiger partial charge in [0.25, 0.3) is 0 Å². The Bertz CT molecular complexity index is 486. The van der Waals surface area contributed by atoms with Crippen LogP contribution in [0, 0.1) is 0 Å². The first kappa shape index (κ1) is 15.6. The molecule has 0 heterocycles. The van der Waals surface area contributed by atoms with Gasteiger partial charge in [0.15, 0.2) is 0 Å². The molecule has 0 saturated heterocycles. The molecule has 0 aromatic heterocycles. The summed E-state index contributed by atoms with van der Waals surface area (Å²) in [5, 5.41) is 0. The molecule has 2 rings (SSSR count). The van der Waals surface area contributed by atoms with Crippen LogP contribution in [0.15, 0.2) is 60.7 Å². The van der Waals surface area contributed by atoms with Crippen molar-refractivity contribution in [3.63, 3.8) is 0 Å². The number of hydrogen-bond acceptors (Lipinski definition) is 0. The number of hydrogen-bond donors (Lipinski definition) is 0. The Balaban J connectivity index is 1.90. The second-order valence-corrected chi connectivity index (χ2v) is 10.4. The molecule has 0 aliphatic carbocycles. The van der Waals surface area contributed by atoms with Crippen LogP contribution in [0.5, 0.6) is 0 Å². The van der Waals surface area contributed by atoms with Gasteiger partial charge in [-0.2, -0.15) is 0 Å². The van der Waals surface area contributed by atoms with Gasteiger partial charge in [0.1, 0.15) is 0 Å². The second kappa shape index (κ2) is 7.89. The fourth-order valence-electron chi connectivity index (χ4n) is 2.46. The number of benzene rings is 2. The normalized spacial score (nSPS) is 14.6. The van der Waals surface area contributed by atoms with Crippen molar-refractivity contribution in [2.45, 2.75) is 25.7 Å². The molecular formula is C18H22PSe+. The Morgan fingerprint density at radius 1 is 0.750 bits per heavy atom. The van der Waals surface area contributed by atoms with Gasteiger partial charge >= 0.3 is 131 Å². The molecule has 20 heavy (non-hydrogen) atoms. The van der Waals surface area contributed by atoms with Crippen LogP contribution >= 0.6 is 6.17 Å². The Kier molecular flexibility index (Phi) is 6.17. The van der Waals surface area contributed by atoms with Crippen LogP contribution in [-0.2, 0) is 0 Å². The van der Waals surface area contributed by atoms with Gasteiger partial charge in [-0.3, -0.25) is 0 Å². The summed E-state index contributed by atoms with van der Waals surface area (Å²) in [4.78, 5) is 0. The standard InChI is InChI=1S/C18H22PSe/c1-15(17-9-5-3-6-10-17)13-19(20)14-16(2)18-11-7-4-8-12-18/h3-12,15-16H,13-14H2,1-2H3/q+1. The topological polar surface area (TPSA) is 0 Å². The molecule has 0 N–H and O–H groups in total. The van der Waals surface area contributed by atoms with Gasteiger partial charge in [-0.05, 0) is 0 Å². The maximum atomic E-state index is 3.44. The zero-order valence-corrected chi connectivity index (χ0v) is 14.8. The summed E-state index contributed by atoms with van der Waals surface area (Å²) < 4.78 is 0. The zero-order valence-electron chi connectivity index (χ0n) is 12.2. The van der Waals surface area contributed by atoms with Crippen molar-refractivity contribution >= 4 is 21.3 Å². The fourth-order valence-corrected chi connectivity index (χ4v) is 7.07. The van der Waals surface area contributed by atoms with E-state index in [-0.39, 0.29) is 6.17 Å². The molecule has 0 aliphatic heterocycles. The van der Waals surface area contributed by atoms with Crippen LogP contribution < -0.4 is 0 Å². The maximum absolute atomic E-state index is 3.44. The predicted octanol–water partition coefficient (Wildman–Crippen LogP) is 5.16. The van der Waals surface area contributed by atoms with Crippen molar-refractivity contribution < 1.29 is 0 Å². The molecule has 0 fully saturated rings. The molecule has 0 bridgehead atoms. The molecule has 0 aliphatic rings. The van der Waals surface area contributed by atoms with E-state index in [0.717, 1.165) is 0 Å². The molecule has 2 aromatic carbocycles. The van der Waals surface area contributed by atoms with Gasteiger partial charge in [-0.15, -0.1) is 0 Å². The first-order chi connectivity index (χ1) is 9.66. The van der Waals surface area contributed by atoms with Crippen molar-refractivity contribution in [3.05, 3.63) is 71.8 Å². The minimum absolute atomic E-state index is 0.0316. The van der Waals surface area contributed by atoms with E-state index in [1.165, 1.54) is 23.5 Å². The summed E-state index contributed by atoms with van der Waals surface area (Å²) >= 11 is 3.44. The quantitative estimate of drug-likeness (QED) is 0.500. The summed E-state index contributed by atoms with van der Waals surface area (Å²) in [7, 11) is 0. The van der Waals surface area contributed by atoms with Gasteiger partial charge in [-0.1, -0.05) is 0 Å². The molecule has 2 atom stereocenters. The van der Waals surface area contributed by atoms with Crippen LogP contribution in [-0.4, -0.2) is 27.4 Å². The second-order valence-electron chi connectivity index (χ2n) is 5.47. The summed E-state index contributed by atoms with van der Waals surface area (Å²) in [6, 6.07) is 21.7. The van der Waals surface area contributed by atoms with E-state index in [1.807, 2.05) is 0 Å². The van der Waals surface area contributed by atoms with Crippen LogP contribution in [0.4, 0.5) is 0 Å². The van der Waals surface area contributed by atoms with E-state index in [9.17, 15) is 0 Å².